The Bertz CT molecular complexity index is 382. The van der Waals surface area contributed by atoms with Gasteiger partial charge >= 0.3 is 0 Å². The van der Waals surface area contributed by atoms with Crippen molar-refractivity contribution in [3.8, 4) is 0 Å². The van der Waals surface area contributed by atoms with E-state index >= 15 is 0 Å². The Balaban J connectivity index is 1.87. The molecule has 17 heavy (non-hydrogen) atoms. The fraction of sp³-hybridized carbons (Fsp3) is 0.600. The second kappa shape index (κ2) is 4.79. The molecule has 2 heterocycles. The van der Waals surface area contributed by atoms with Crippen LogP contribution in [0.1, 0.15) is 42.3 Å². The van der Waals surface area contributed by atoms with Crippen LogP contribution < -0.4 is 5.32 Å². The Labute approximate surface area is 104 Å². The second-order valence-corrected chi connectivity index (χ2v) is 5.65. The standard InChI is InChI=1S/C15H22N2/c1-17-10-8-12(11-17)13-5-2-3-6-14(13)15-7-4-9-16-15/h2-3,5-6,12,15-16H,4,7-11H2,1H3/p+1. The minimum atomic E-state index is 0.733. The summed E-state index contributed by atoms with van der Waals surface area (Å²) in [6.45, 7) is 3.81. The van der Waals surface area contributed by atoms with Crippen LogP contribution in [-0.2, 0) is 0 Å². The van der Waals surface area contributed by atoms with Crippen molar-refractivity contribution in [2.24, 2.45) is 0 Å². The van der Waals surface area contributed by atoms with Gasteiger partial charge in [-0.25, -0.2) is 0 Å². The largest absolute Gasteiger partial charge is 0.340 e. The summed E-state index contributed by atoms with van der Waals surface area (Å²) in [5.74, 6) is 0.769. The van der Waals surface area contributed by atoms with E-state index in [0.29, 0.717) is 0 Å². The monoisotopic (exact) mass is 231 g/mol. The van der Waals surface area contributed by atoms with Crippen molar-refractivity contribution in [1.82, 2.24) is 4.90 Å². The molecule has 0 aromatic heterocycles. The Kier molecular flexibility index (Phi) is 3.17. The van der Waals surface area contributed by atoms with Crippen molar-refractivity contribution in [2.75, 3.05) is 26.7 Å². The zero-order valence-corrected chi connectivity index (χ0v) is 10.7. The summed E-state index contributed by atoms with van der Waals surface area (Å²) in [7, 11) is 2.24. The number of benzene rings is 1. The highest BCUT2D eigenvalue weighted by Gasteiger charge is 2.28. The summed E-state index contributed by atoms with van der Waals surface area (Å²) in [6.07, 6.45) is 4.07. The molecule has 2 aliphatic rings. The fourth-order valence-corrected chi connectivity index (χ4v) is 3.47. The van der Waals surface area contributed by atoms with Gasteiger partial charge in [-0.3, -0.25) is 0 Å². The lowest BCUT2D eigenvalue weighted by atomic mass is 9.89. The number of nitrogens with two attached hydrogens (primary N) is 1. The van der Waals surface area contributed by atoms with E-state index in [1.807, 2.05) is 0 Å². The van der Waals surface area contributed by atoms with Gasteiger partial charge < -0.3 is 10.2 Å². The molecular formula is C15H23N2+. The fourth-order valence-electron chi connectivity index (χ4n) is 3.47. The highest BCUT2D eigenvalue weighted by Crippen LogP contribution is 2.32. The predicted octanol–water partition coefficient (Wildman–Crippen LogP) is 1.50. The molecule has 2 nitrogen and oxygen atoms in total. The Morgan fingerprint density at radius 1 is 1.18 bits per heavy atom. The summed E-state index contributed by atoms with van der Waals surface area (Å²) >= 11 is 0. The third-order valence-corrected chi connectivity index (χ3v) is 4.40. The lowest BCUT2D eigenvalue weighted by molar-refractivity contribution is -0.676. The molecular weight excluding hydrogens is 208 g/mol. The van der Waals surface area contributed by atoms with Gasteiger partial charge in [-0.1, -0.05) is 24.3 Å². The van der Waals surface area contributed by atoms with Gasteiger partial charge in [0.1, 0.15) is 6.04 Å². The van der Waals surface area contributed by atoms with Gasteiger partial charge in [-0.15, -0.1) is 0 Å². The van der Waals surface area contributed by atoms with E-state index in [-0.39, 0.29) is 0 Å². The molecule has 92 valence electrons. The molecule has 2 N–H and O–H groups in total. The number of nitrogens with zero attached hydrogens (tertiary/aromatic N) is 1. The average Bonchev–Trinajstić information content (AvgIpc) is 3.00. The smallest absolute Gasteiger partial charge is 0.112 e. The highest BCUT2D eigenvalue weighted by atomic mass is 15.1. The number of hydrogen-bond acceptors (Lipinski definition) is 1. The van der Waals surface area contributed by atoms with Crippen LogP contribution in [0.2, 0.25) is 0 Å². The minimum absolute atomic E-state index is 0.733. The van der Waals surface area contributed by atoms with Gasteiger partial charge in [0.05, 0.1) is 6.54 Å². The van der Waals surface area contributed by atoms with Crippen LogP contribution in [0, 0.1) is 0 Å². The normalized spacial score (nSPS) is 29.9. The number of quaternary nitrogens is 1. The third-order valence-electron chi connectivity index (χ3n) is 4.40. The first-order valence-corrected chi connectivity index (χ1v) is 6.95. The maximum atomic E-state index is 2.53. The zero-order valence-electron chi connectivity index (χ0n) is 10.7. The minimum Gasteiger partial charge on any atom is -0.340 e. The van der Waals surface area contributed by atoms with Crippen LogP contribution in [0.4, 0.5) is 0 Å². The maximum absolute atomic E-state index is 2.53. The van der Waals surface area contributed by atoms with Crippen LogP contribution in [0.5, 0.6) is 0 Å². The first-order valence-electron chi connectivity index (χ1n) is 6.95. The van der Waals surface area contributed by atoms with Crippen LogP contribution in [-0.4, -0.2) is 31.6 Å². The van der Waals surface area contributed by atoms with Crippen molar-refractivity contribution in [3.05, 3.63) is 35.4 Å². The zero-order chi connectivity index (χ0) is 11.7. The lowest BCUT2D eigenvalue weighted by Gasteiger charge is -2.18. The molecule has 0 radical (unpaired) electrons. The Morgan fingerprint density at radius 2 is 2.00 bits per heavy atom. The summed E-state index contributed by atoms with van der Waals surface area (Å²) in [4.78, 5) is 2.46. The Morgan fingerprint density at radius 3 is 2.65 bits per heavy atom. The SMILES string of the molecule is CN1CCC(c2ccccc2C2CCC[NH2+]2)C1. The molecule has 2 atom stereocenters. The topological polar surface area (TPSA) is 19.9 Å². The second-order valence-electron chi connectivity index (χ2n) is 5.65. The van der Waals surface area contributed by atoms with E-state index in [9.17, 15) is 0 Å². The molecule has 3 rings (SSSR count). The van der Waals surface area contributed by atoms with Crippen molar-refractivity contribution in [2.45, 2.75) is 31.2 Å². The van der Waals surface area contributed by atoms with Crippen molar-refractivity contribution >= 4 is 0 Å². The van der Waals surface area contributed by atoms with E-state index in [4.69, 9.17) is 0 Å². The first kappa shape index (κ1) is 11.2. The number of likely N-dealkylation sites (N-methyl/N-ethyl adjacent to an activating group) is 1. The predicted molar refractivity (Wildman–Crippen MR) is 70.1 cm³/mol. The van der Waals surface area contributed by atoms with Crippen molar-refractivity contribution < 1.29 is 5.32 Å². The summed E-state index contributed by atoms with van der Waals surface area (Å²) in [6, 6.07) is 9.89. The van der Waals surface area contributed by atoms with Crippen molar-refractivity contribution in [1.29, 1.82) is 0 Å². The Hall–Kier alpha value is -0.860. The molecule has 0 bridgehead atoms. The average molecular weight is 231 g/mol. The van der Waals surface area contributed by atoms with Gasteiger partial charge in [0.15, 0.2) is 0 Å². The number of likely N-dealkylation sites (tertiary alicyclic amines) is 1. The molecule has 2 saturated heterocycles. The quantitative estimate of drug-likeness (QED) is 0.818. The highest BCUT2D eigenvalue weighted by molar-refractivity contribution is 5.33. The molecule has 0 spiro atoms. The summed E-state index contributed by atoms with van der Waals surface area (Å²) < 4.78 is 0. The molecule has 1 aromatic rings. The van der Waals surface area contributed by atoms with Crippen LogP contribution >= 0.6 is 0 Å². The van der Waals surface area contributed by atoms with Crippen LogP contribution in [0.25, 0.3) is 0 Å². The molecule has 0 amide bonds. The van der Waals surface area contributed by atoms with Gasteiger partial charge in [-0.05, 0) is 31.5 Å². The van der Waals surface area contributed by atoms with Crippen LogP contribution in [0.3, 0.4) is 0 Å². The van der Waals surface area contributed by atoms with Gasteiger partial charge in [0, 0.05) is 24.9 Å². The first-order chi connectivity index (χ1) is 8.34. The van der Waals surface area contributed by atoms with E-state index < -0.39 is 0 Å². The van der Waals surface area contributed by atoms with E-state index in [1.54, 1.807) is 11.1 Å². The number of rotatable bonds is 2. The van der Waals surface area contributed by atoms with E-state index in [0.717, 1.165) is 12.0 Å². The molecule has 2 unspecified atom stereocenters. The van der Waals surface area contributed by atoms with E-state index in [1.165, 1.54) is 38.9 Å². The van der Waals surface area contributed by atoms with Gasteiger partial charge in [-0.2, -0.15) is 0 Å². The molecule has 0 saturated carbocycles. The maximum Gasteiger partial charge on any atom is 0.112 e. The molecule has 2 fully saturated rings. The van der Waals surface area contributed by atoms with Crippen LogP contribution in [0.15, 0.2) is 24.3 Å². The van der Waals surface area contributed by atoms with Crippen molar-refractivity contribution in [3.63, 3.8) is 0 Å². The van der Waals surface area contributed by atoms with Gasteiger partial charge in [0.2, 0.25) is 0 Å². The molecule has 2 heteroatoms. The summed E-state index contributed by atoms with van der Waals surface area (Å²) in [5, 5.41) is 2.53. The number of hydrogen-bond donors (Lipinski definition) is 1. The molecule has 0 aliphatic carbocycles. The summed E-state index contributed by atoms with van der Waals surface area (Å²) in [5.41, 5.74) is 3.24. The van der Waals surface area contributed by atoms with E-state index in [2.05, 4.69) is 41.5 Å². The molecule has 1 aromatic carbocycles. The lowest BCUT2D eigenvalue weighted by Crippen LogP contribution is -2.81. The molecule has 2 aliphatic heterocycles. The third kappa shape index (κ3) is 2.24. The van der Waals surface area contributed by atoms with Gasteiger partial charge in [0.25, 0.3) is 0 Å².